The molecule has 3 atom stereocenters. The lowest BCUT2D eigenvalue weighted by Gasteiger charge is -2.29. The molecule has 1 amide bonds. The molecule has 0 radical (unpaired) electrons. The van der Waals surface area contributed by atoms with Crippen molar-refractivity contribution >= 4 is 17.7 Å². The summed E-state index contributed by atoms with van der Waals surface area (Å²) in [4.78, 5) is 36.0. The summed E-state index contributed by atoms with van der Waals surface area (Å²) >= 11 is 0. The van der Waals surface area contributed by atoms with Crippen LogP contribution in [0.3, 0.4) is 0 Å². The van der Waals surface area contributed by atoms with Gasteiger partial charge in [0.15, 0.2) is 6.10 Å². The normalized spacial score (nSPS) is 19.9. The molecule has 2 N–H and O–H groups in total. The van der Waals surface area contributed by atoms with Gasteiger partial charge in [-0.2, -0.15) is 13.2 Å². The van der Waals surface area contributed by atoms with Gasteiger partial charge in [0, 0.05) is 12.8 Å². The number of methoxy groups -OCH3 is 1. The largest absolute Gasteiger partial charge is 0.467 e. The van der Waals surface area contributed by atoms with Gasteiger partial charge >= 0.3 is 12.1 Å². The molecule has 1 aromatic rings. The predicted molar refractivity (Wildman–Crippen MR) is 87.3 cm³/mol. The molecule has 1 aromatic carbocycles. The number of alkyl halides is 3. The van der Waals surface area contributed by atoms with Crippen molar-refractivity contribution in [1.82, 2.24) is 5.32 Å². The van der Waals surface area contributed by atoms with E-state index in [1.165, 1.54) is 0 Å². The van der Waals surface area contributed by atoms with Crippen LogP contribution in [0.25, 0.3) is 0 Å². The van der Waals surface area contributed by atoms with Crippen LogP contribution in [0.5, 0.6) is 0 Å². The number of Topliss-reactive ketones (excluding diaryl/α,β-unsaturated/α-hetero) is 1. The van der Waals surface area contributed by atoms with Gasteiger partial charge in [0.25, 0.3) is 5.91 Å². The average molecular weight is 387 g/mol. The van der Waals surface area contributed by atoms with Crippen LogP contribution in [0.4, 0.5) is 13.2 Å². The zero-order valence-electron chi connectivity index (χ0n) is 14.6. The topological polar surface area (TPSA) is 92.7 Å². The zero-order chi connectivity index (χ0) is 20.2. The number of ether oxygens (including phenoxy) is 1. The second kappa shape index (κ2) is 8.51. The van der Waals surface area contributed by atoms with Crippen LogP contribution in [0.15, 0.2) is 24.3 Å². The molecule has 0 spiro atoms. The third kappa shape index (κ3) is 5.29. The van der Waals surface area contributed by atoms with Crippen LogP contribution < -0.4 is 5.32 Å². The van der Waals surface area contributed by atoms with Gasteiger partial charge in [0.05, 0.1) is 12.7 Å². The molecule has 0 aliphatic heterocycles. The molecule has 9 heteroatoms. The van der Waals surface area contributed by atoms with Crippen molar-refractivity contribution in [3.8, 4) is 0 Å². The Bertz CT molecular complexity index is 702. The van der Waals surface area contributed by atoms with E-state index in [9.17, 15) is 32.7 Å². The van der Waals surface area contributed by atoms with Crippen LogP contribution in [0.2, 0.25) is 0 Å². The van der Waals surface area contributed by atoms with E-state index < -0.39 is 41.7 Å². The molecular formula is C18H20F3NO5. The number of esters is 1. The number of rotatable bonds is 5. The minimum atomic E-state index is -4.53. The van der Waals surface area contributed by atoms with Gasteiger partial charge < -0.3 is 15.2 Å². The van der Waals surface area contributed by atoms with Crippen molar-refractivity contribution in [2.75, 3.05) is 7.11 Å². The monoisotopic (exact) mass is 387 g/mol. The summed E-state index contributed by atoms with van der Waals surface area (Å²) in [6, 6.07) is 2.37. The van der Waals surface area contributed by atoms with Gasteiger partial charge in [-0.3, -0.25) is 9.59 Å². The van der Waals surface area contributed by atoms with E-state index >= 15 is 0 Å². The highest BCUT2D eigenvalue weighted by Gasteiger charge is 2.36. The first kappa shape index (κ1) is 20.9. The van der Waals surface area contributed by atoms with Gasteiger partial charge in [0.1, 0.15) is 11.8 Å². The fourth-order valence-corrected chi connectivity index (χ4v) is 3.08. The quantitative estimate of drug-likeness (QED) is 0.756. The number of ketones is 1. The molecule has 1 aliphatic carbocycles. The van der Waals surface area contributed by atoms with E-state index in [4.69, 9.17) is 0 Å². The Morgan fingerprint density at radius 3 is 2.41 bits per heavy atom. The molecule has 2 rings (SSSR count). The molecule has 1 fully saturated rings. The summed E-state index contributed by atoms with van der Waals surface area (Å²) in [7, 11) is 1.14. The average Bonchev–Trinajstić information content (AvgIpc) is 2.64. The number of carbonyl (C=O) groups is 3. The second-order valence-electron chi connectivity index (χ2n) is 6.43. The molecule has 0 unspecified atom stereocenters. The molecule has 0 bridgehead atoms. The smallest absolute Gasteiger partial charge is 0.416 e. The summed E-state index contributed by atoms with van der Waals surface area (Å²) in [6.07, 6.45) is -4.67. The Balaban J connectivity index is 2.11. The highest BCUT2D eigenvalue weighted by Crippen LogP contribution is 2.30. The molecule has 0 aromatic heterocycles. The van der Waals surface area contributed by atoms with E-state index in [0.717, 1.165) is 31.4 Å². The summed E-state index contributed by atoms with van der Waals surface area (Å²) in [5, 5.41) is 12.5. The molecule has 148 valence electrons. The fraction of sp³-hybridized carbons (Fsp3) is 0.500. The number of aliphatic hydroxyl groups excluding tert-OH is 1. The number of amides is 1. The summed E-state index contributed by atoms with van der Waals surface area (Å²) in [5.41, 5.74) is -0.962. The molecule has 1 saturated carbocycles. The van der Waals surface area contributed by atoms with E-state index in [0.29, 0.717) is 19.3 Å². The van der Waals surface area contributed by atoms with Crippen LogP contribution in [0.1, 0.15) is 42.9 Å². The Labute approximate surface area is 153 Å². The number of halogens is 3. The fourth-order valence-electron chi connectivity index (χ4n) is 3.08. The molecule has 0 heterocycles. The highest BCUT2D eigenvalue weighted by atomic mass is 19.4. The first-order chi connectivity index (χ1) is 12.6. The third-order valence-electron chi connectivity index (χ3n) is 4.55. The third-order valence-corrected chi connectivity index (χ3v) is 4.55. The Hall–Kier alpha value is -2.42. The van der Waals surface area contributed by atoms with Gasteiger partial charge in [-0.1, -0.05) is 12.1 Å². The minimum Gasteiger partial charge on any atom is -0.467 e. The highest BCUT2D eigenvalue weighted by molar-refractivity contribution is 5.88. The summed E-state index contributed by atoms with van der Waals surface area (Å²) in [5.74, 6) is -2.19. The Morgan fingerprint density at radius 2 is 1.89 bits per heavy atom. The second-order valence-corrected chi connectivity index (χ2v) is 6.43. The van der Waals surface area contributed by atoms with Gasteiger partial charge in [-0.05, 0) is 36.5 Å². The first-order valence-corrected chi connectivity index (χ1v) is 8.38. The summed E-state index contributed by atoms with van der Waals surface area (Å²) < 4.78 is 42.5. The van der Waals surface area contributed by atoms with Crippen LogP contribution in [-0.4, -0.2) is 35.9 Å². The standard InChI is InChI=1S/C18H20F3NO5/c1-27-17(26)14(11-3-2-4-13(23)9-11)22-16(25)15(24)10-5-7-12(8-6-10)18(19,20)21/h5-8,11,14-15,24H,2-4,9H2,1H3,(H,22,25)/t11-,14-,15+/m1/s1. The lowest BCUT2D eigenvalue weighted by atomic mass is 9.83. The summed E-state index contributed by atoms with van der Waals surface area (Å²) in [6.45, 7) is 0. The van der Waals surface area contributed by atoms with Crippen LogP contribution in [-0.2, 0) is 25.3 Å². The van der Waals surface area contributed by atoms with Gasteiger partial charge in [-0.15, -0.1) is 0 Å². The van der Waals surface area contributed by atoms with Crippen LogP contribution >= 0.6 is 0 Å². The Kier molecular flexibility index (Phi) is 6.59. The van der Waals surface area contributed by atoms with E-state index in [2.05, 4.69) is 10.1 Å². The SMILES string of the molecule is COC(=O)[C@H](NC(=O)[C@@H](O)c1ccc(C(F)(F)F)cc1)[C@@H]1CCCC(=O)C1. The lowest BCUT2D eigenvalue weighted by Crippen LogP contribution is -2.49. The predicted octanol–water partition coefficient (Wildman–Crippen LogP) is 2.16. The van der Waals surface area contributed by atoms with E-state index in [-0.39, 0.29) is 17.8 Å². The molecular weight excluding hydrogens is 367 g/mol. The zero-order valence-corrected chi connectivity index (χ0v) is 14.6. The van der Waals surface area contributed by atoms with Crippen molar-refractivity contribution in [2.24, 2.45) is 5.92 Å². The number of benzene rings is 1. The number of carbonyl (C=O) groups excluding carboxylic acids is 3. The molecule has 0 saturated heterocycles. The van der Waals surface area contributed by atoms with Crippen molar-refractivity contribution in [1.29, 1.82) is 0 Å². The van der Waals surface area contributed by atoms with E-state index in [1.807, 2.05) is 0 Å². The minimum absolute atomic E-state index is 0.0299. The number of aliphatic hydroxyl groups is 1. The van der Waals surface area contributed by atoms with Crippen molar-refractivity contribution in [3.05, 3.63) is 35.4 Å². The van der Waals surface area contributed by atoms with Crippen molar-refractivity contribution in [3.63, 3.8) is 0 Å². The number of hydrogen-bond donors (Lipinski definition) is 2. The number of hydrogen-bond acceptors (Lipinski definition) is 5. The van der Waals surface area contributed by atoms with Gasteiger partial charge in [-0.25, -0.2) is 4.79 Å². The van der Waals surface area contributed by atoms with Crippen molar-refractivity contribution < 1.29 is 37.4 Å². The first-order valence-electron chi connectivity index (χ1n) is 8.38. The van der Waals surface area contributed by atoms with E-state index in [1.54, 1.807) is 0 Å². The lowest BCUT2D eigenvalue weighted by molar-refractivity contribution is -0.149. The van der Waals surface area contributed by atoms with Crippen molar-refractivity contribution in [2.45, 2.75) is 44.0 Å². The number of nitrogens with one attached hydrogen (secondary N) is 1. The molecule has 27 heavy (non-hydrogen) atoms. The van der Waals surface area contributed by atoms with Gasteiger partial charge in [0.2, 0.25) is 0 Å². The van der Waals surface area contributed by atoms with Crippen LogP contribution in [0, 0.1) is 5.92 Å². The Morgan fingerprint density at radius 1 is 1.26 bits per heavy atom. The maximum absolute atomic E-state index is 12.6. The maximum Gasteiger partial charge on any atom is 0.416 e. The molecule has 1 aliphatic rings. The maximum atomic E-state index is 12.6. The molecule has 6 nitrogen and oxygen atoms in total.